The minimum Gasteiger partial charge on any atom is -0.495 e. The summed E-state index contributed by atoms with van der Waals surface area (Å²) in [4.78, 5) is 22.4. The molecule has 1 aromatic rings. The van der Waals surface area contributed by atoms with E-state index in [1.54, 1.807) is 12.1 Å². The van der Waals surface area contributed by atoms with Gasteiger partial charge in [-0.3, -0.25) is 4.79 Å². The maximum atomic E-state index is 11.7. The number of rotatable bonds is 8. The average molecular weight is 316 g/mol. The quantitative estimate of drug-likeness (QED) is 0.759. The molecule has 0 radical (unpaired) electrons. The van der Waals surface area contributed by atoms with Gasteiger partial charge in [0.2, 0.25) is 5.91 Å². The molecule has 0 saturated carbocycles. The Labute approximate surface area is 128 Å². The van der Waals surface area contributed by atoms with E-state index in [0.717, 1.165) is 5.56 Å². The Bertz CT molecular complexity index is 506. The lowest BCUT2D eigenvalue weighted by molar-refractivity contribution is -0.148. The number of carbonyl (C=O) groups excluding carboxylic acids is 1. The van der Waals surface area contributed by atoms with Crippen LogP contribution in [0.25, 0.3) is 0 Å². The van der Waals surface area contributed by atoms with Crippen LogP contribution in [-0.2, 0) is 20.7 Å². The van der Waals surface area contributed by atoms with Gasteiger partial charge in [-0.05, 0) is 24.1 Å². The van der Waals surface area contributed by atoms with Crippen LogP contribution in [0.2, 0.25) is 5.02 Å². The molecule has 1 aromatic carbocycles. The Morgan fingerprint density at radius 2 is 2.10 bits per heavy atom. The molecule has 1 unspecified atom stereocenters. The van der Waals surface area contributed by atoms with E-state index in [1.807, 2.05) is 6.07 Å². The number of methoxy groups -OCH3 is 2. The van der Waals surface area contributed by atoms with Gasteiger partial charge in [-0.2, -0.15) is 0 Å². The van der Waals surface area contributed by atoms with Crippen molar-refractivity contribution in [3.63, 3.8) is 0 Å². The SMILES string of the molecule is COc1ccc(CCC(=O)NCC(OC)C(=O)O)cc1Cl. The molecule has 0 bridgehead atoms. The molecular weight excluding hydrogens is 298 g/mol. The van der Waals surface area contributed by atoms with Gasteiger partial charge in [0.25, 0.3) is 0 Å². The largest absolute Gasteiger partial charge is 0.495 e. The average Bonchev–Trinajstić information content (AvgIpc) is 2.45. The van der Waals surface area contributed by atoms with Gasteiger partial charge in [0, 0.05) is 13.5 Å². The van der Waals surface area contributed by atoms with Gasteiger partial charge in [0.15, 0.2) is 6.10 Å². The molecule has 0 saturated heterocycles. The van der Waals surface area contributed by atoms with Gasteiger partial charge in [-0.15, -0.1) is 0 Å². The first-order valence-corrected chi connectivity index (χ1v) is 6.70. The van der Waals surface area contributed by atoms with Crippen LogP contribution in [-0.4, -0.2) is 43.9 Å². The first kappa shape index (κ1) is 17.3. The zero-order valence-electron chi connectivity index (χ0n) is 11.9. The van der Waals surface area contributed by atoms with E-state index >= 15 is 0 Å². The van der Waals surface area contributed by atoms with Crippen molar-refractivity contribution in [2.24, 2.45) is 0 Å². The summed E-state index contributed by atoms with van der Waals surface area (Å²) in [5, 5.41) is 11.8. The summed E-state index contributed by atoms with van der Waals surface area (Å²) in [5.74, 6) is -0.778. The minimum absolute atomic E-state index is 0.0615. The van der Waals surface area contributed by atoms with E-state index in [2.05, 4.69) is 5.32 Å². The standard InChI is InChI=1S/C14H18ClNO5/c1-20-11-5-3-9(7-10(11)15)4-6-13(17)16-8-12(21-2)14(18)19/h3,5,7,12H,4,6,8H2,1-2H3,(H,16,17)(H,18,19). The predicted molar refractivity (Wildman–Crippen MR) is 77.8 cm³/mol. The molecular formula is C14H18ClNO5. The molecule has 7 heteroatoms. The van der Waals surface area contributed by atoms with Crippen LogP contribution in [0.4, 0.5) is 0 Å². The van der Waals surface area contributed by atoms with Crippen LogP contribution < -0.4 is 10.1 Å². The van der Waals surface area contributed by atoms with Crippen molar-refractivity contribution in [1.29, 1.82) is 0 Å². The number of amides is 1. The van der Waals surface area contributed by atoms with Crippen molar-refractivity contribution in [3.8, 4) is 5.75 Å². The highest BCUT2D eigenvalue weighted by Crippen LogP contribution is 2.25. The van der Waals surface area contributed by atoms with Gasteiger partial charge in [0.05, 0.1) is 18.7 Å². The number of carboxylic acids is 1. The summed E-state index contributed by atoms with van der Waals surface area (Å²) in [5.41, 5.74) is 0.900. The van der Waals surface area contributed by atoms with Crippen LogP contribution >= 0.6 is 11.6 Å². The molecule has 0 aliphatic heterocycles. The molecule has 116 valence electrons. The summed E-state index contributed by atoms with van der Waals surface area (Å²) in [6.07, 6.45) is -0.303. The van der Waals surface area contributed by atoms with Crippen molar-refractivity contribution in [1.82, 2.24) is 5.32 Å². The maximum absolute atomic E-state index is 11.7. The molecule has 1 amide bonds. The minimum atomic E-state index is -1.11. The molecule has 0 fully saturated rings. The van der Waals surface area contributed by atoms with Crippen molar-refractivity contribution in [2.75, 3.05) is 20.8 Å². The first-order chi connectivity index (χ1) is 9.97. The van der Waals surface area contributed by atoms with Gasteiger partial charge >= 0.3 is 5.97 Å². The Balaban J connectivity index is 2.42. The van der Waals surface area contributed by atoms with Gasteiger partial charge < -0.3 is 19.9 Å². The number of aliphatic carboxylic acids is 1. The fourth-order valence-electron chi connectivity index (χ4n) is 1.69. The second kappa shape index (κ2) is 8.49. The van der Waals surface area contributed by atoms with E-state index in [4.69, 9.17) is 26.2 Å². The van der Waals surface area contributed by atoms with Gasteiger partial charge in [-0.25, -0.2) is 4.79 Å². The Morgan fingerprint density at radius 1 is 1.38 bits per heavy atom. The molecule has 0 aliphatic rings. The summed E-state index contributed by atoms with van der Waals surface area (Å²) in [7, 11) is 2.81. The van der Waals surface area contributed by atoms with Crippen molar-refractivity contribution >= 4 is 23.5 Å². The highest BCUT2D eigenvalue weighted by molar-refractivity contribution is 6.32. The maximum Gasteiger partial charge on any atom is 0.334 e. The number of carboxylic acid groups (broad SMARTS) is 1. The summed E-state index contributed by atoms with van der Waals surface area (Å²) >= 11 is 5.99. The predicted octanol–water partition coefficient (Wildman–Crippen LogP) is 1.50. The van der Waals surface area contributed by atoms with Crippen LogP contribution in [0.15, 0.2) is 18.2 Å². The smallest absolute Gasteiger partial charge is 0.334 e. The molecule has 6 nitrogen and oxygen atoms in total. The van der Waals surface area contributed by atoms with E-state index in [0.29, 0.717) is 17.2 Å². The van der Waals surface area contributed by atoms with E-state index < -0.39 is 12.1 Å². The lowest BCUT2D eigenvalue weighted by Crippen LogP contribution is -2.37. The number of hydrogen-bond acceptors (Lipinski definition) is 4. The highest BCUT2D eigenvalue weighted by atomic mass is 35.5. The Hall–Kier alpha value is -1.79. The summed E-state index contributed by atoms with van der Waals surface area (Å²) < 4.78 is 9.77. The number of hydrogen-bond donors (Lipinski definition) is 2. The van der Waals surface area contributed by atoms with Crippen molar-refractivity contribution < 1.29 is 24.2 Å². The highest BCUT2D eigenvalue weighted by Gasteiger charge is 2.17. The molecule has 0 aromatic heterocycles. The number of carbonyl (C=O) groups is 2. The van der Waals surface area contributed by atoms with Crippen LogP contribution in [0.5, 0.6) is 5.75 Å². The number of nitrogens with one attached hydrogen (secondary N) is 1. The summed E-state index contributed by atoms with van der Waals surface area (Å²) in [6.45, 7) is -0.0615. The molecule has 2 N–H and O–H groups in total. The zero-order chi connectivity index (χ0) is 15.8. The van der Waals surface area contributed by atoms with Crippen molar-refractivity contribution in [2.45, 2.75) is 18.9 Å². The fourth-order valence-corrected chi connectivity index (χ4v) is 1.97. The van der Waals surface area contributed by atoms with Crippen molar-refractivity contribution in [3.05, 3.63) is 28.8 Å². The summed E-state index contributed by atoms with van der Waals surface area (Å²) in [6, 6.07) is 5.30. The zero-order valence-corrected chi connectivity index (χ0v) is 12.6. The normalized spacial score (nSPS) is 11.8. The number of halogens is 1. The molecule has 21 heavy (non-hydrogen) atoms. The lowest BCUT2D eigenvalue weighted by atomic mass is 10.1. The molecule has 0 aliphatic carbocycles. The van der Waals surface area contributed by atoms with Gasteiger partial charge in [-0.1, -0.05) is 17.7 Å². The Kier molecular flexibility index (Phi) is 6.98. The third-order valence-electron chi connectivity index (χ3n) is 2.90. The van der Waals surface area contributed by atoms with Gasteiger partial charge in [0.1, 0.15) is 5.75 Å². The third kappa shape index (κ3) is 5.61. The monoisotopic (exact) mass is 315 g/mol. The van der Waals surface area contributed by atoms with Crippen LogP contribution in [0.1, 0.15) is 12.0 Å². The Morgan fingerprint density at radius 3 is 2.62 bits per heavy atom. The van der Waals surface area contributed by atoms with E-state index in [1.165, 1.54) is 14.2 Å². The second-order valence-corrected chi connectivity index (χ2v) is 4.74. The number of aryl methyl sites for hydroxylation is 1. The molecule has 0 heterocycles. The molecule has 1 atom stereocenters. The van der Waals surface area contributed by atoms with E-state index in [9.17, 15) is 9.59 Å². The fraction of sp³-hybridized carbons (Fsp3) is 0.429. The topological polar surface area (TPSA) is 84.9 Å². The van der Waals surface area contributed by atoms with Crippen LogP contribution in [0, 0.1) is 0 Å². The first-order valence-electron chi connectivity index (χ1n) is 6.32. The third-order valence-corrected chi connectivity index (χ3v) is 3.20. The number of benzene rings is 1. The van der Waals surface area contributed by atoms with Crippen LogP contribution in [0.3, 0.4) is 0 Å². The van der Waals surface area contributed by atoms with E-state index in [-0.39, 0.29) is 18.9 Å². The lowest BCUT2D eigenvalue weighted by Gasteiger charge is -2.11. The second-order valence-electron chi connectivity index (χ2n) is 4.34. The number of ether oxygens (including phenoxy) is 2. The molecule has 0 spiro atoms. The molecule has 1 rings (SSSR count).